The highest BCUT2D eigenvalue weighted by Gasteiger charge is 2.48. The van der Waals surface area contributed by atoms with Crippen molar-refractivity contribution in [1.82, 2.24) is 0 Å². The molecule has 1 saturated heterocycles. The summed E-state index contributed by atoms with van der Waals surface area (Å²) in [5.74, 6) is -1.78. The van der Waals surface area contributed by atoms with E-state index in [-0.39, 0.29) is 28.3 Å². The first-order valence-corrected chi connectivity index (χ1v) is 12.2. The van der Waals surface area contributed by atoms with Gasteiger partial charge in [0.05, 0.1) is 24.5 Å². The molecule has 1 atom stereocenters. The van der Waals surface area contributed by atoms with Crippen molar-refractivity contribution in [2.45, 2.75) is 19.6 Å². The van der Waals surface area contributed by atoms with Crippen LogP contribution in [0.25, 0.3) is 5.76 Å². The molecule has 8 heteroatoms. The maximum Gasteiger partial charge on any atom is 0.337 e. The maximum absolute atomic E-state index is 13.3. The average molecular weight is 524 g/mol. The Bertz CT molecular complexity index is 1570. The standard InChI is InChI=1S/C31H25NO7/c1-19-16-21(13-14-24(19)39-18-20-8-4-3-5-9-20)28(33)26-27(25-12-7-15-38-25)32(30(35)29(26)34)23-11-6-10-22(17-23)31(36)37-2/h3-17,27,33H,18H2,1-2H3/b28-26-. The van der Waals surface area contributed by atoms with E-state index in [0.717, 1.165) is 11.1 Å². The van der Waals surface area contributed by atoms with Crippen LogP contribution in [-0.2, 0) is 20.9 Å². The number of furan rings is 1. The van der Waals surface area contributed by atoms with Gasteiger partial charge in [0.15, 0.2) is 0 Å². The number of rotatable bonds is 7. The number of anilines is 1. The summed E-state index contributed by atoms with van der Waals surface area (Å²) in [5, 5.41) is 11.4. The molecule has 2 heterocycles. The van der Waals surface area contributed by atoms with E-state index in [2.05, 4.69) is 0 Å². The van der Waals surface area contributed by atoms with Gasteiger partial charge in [0.1, 0.15) is 29.9 Å². The molecule has 0 saturated carbocycles. The van der Waals surface area contributed by atoms with Gasteiger partial charge in [0.2, 0.25) is 0 Å². The molecule has 0 aliphatic carbocycles. The smallest absolute Gasteiger partial charge is 0.337 e. The summed E-state index contributed by atoms with van der Waals surface area (Å²) < 4.78 is 16.3. The minimum Gasteiger partial charge on any atom is -0.507 e. The number of amides is 1. The summed E-state index contributed by atoms with van der Waals surface area (Å²) in [7, 11) is 1.25. The molecule has 1 aromatic heterocycles. The van der Waals surface area contributed by atoms with E-state index in [1.54, 1.807) is 42.5 Å². The van der Waals surface area contributed by atoms with E-state index in [4.69, 9.17) is 13.9 Å². The predicted octanol–water partition coefficient (Wildman–Crippen LogP) is 5.58. The average Bonchev–Trinajstić information content (AvgIpc) is 3.58. The van der Waals surface area contributed by atoms with E-state index in [1.807, 2.05) is 37.3 Å². The third-order valence-corrected chi connectivity index (χ3v) is 6.49. The summed E-state index contributed by atoms with van der Waals surface area (Å²) in [5.41, 5.74) is 2.45. The van der Waals surface area contributed by atoms with E-state index in [1.165, 1.54) is 30.4 Å². The lowest BCUT2D eigenvalue weighted by molar-refractivity contribution is -0.132. The van der Waals surface area contributed by atoms with Gasteiger partial charge in [-0.2, -0.15) is 0 Å². The monoisotopic (exact) mass is 523 g/mol. The van der Waals surface area contributed by atoms with Crippen molar-refractivity contribution in [1.29, 1.82) is 0 Å². The fraction of sp³-hybridized carbons (Fsp3) is 0.129. The second kappa shape index (κ2) is 10.7. The Morgan fingerprint density at radius 3 is 2.44 bits per heavy atom. The molecule has 1 N–H and O–H groups in total. The van der Waals surface area contributed by atoms with Crippen molar-refractivity contribution in [3.63, 3.8) is 0 Å². The van der Waals surface area contributed by atoms with Gasteiger partial charge >= 0.3 is 5.97 Å². The number of aliphatic hydroxyl groups excluding tert-OH is 1. The van der Waals surface area contributed by atoms with Crippen LogP contribution in [0.15, 0.2) is 101 Å². The third kappa shape index (κ3) is 4.92. The number of nitrogens with zero attached hydrogens (tertiary/aromatic N) is 1. The normalized spacial score (nSPS) is 16.4. The molecule has 4 aromatic rings. The molecular weight excluding hydrogens is 498 g/mol. The number of aliphatic hydroxyl groups is 1. The number of Topliss-reactive ketones (excluding diaryl/α,β-unsaturated/α-hetero) is 1. The second-order valence-electron chi connectivity index (χ2n) is 8.98. The quantitative estimate of drug-likeness (QED) is 0.146. The number of ketones is 1. The fourth-order valence-electron chi connectivity index (χ4n) is 4.56. The Morgan fingerprint density at radius 2 is 1.74 bits per heavy atom. The largest absolute Gasteiger partial charge is 0.507 e. The molecule has 3 aromatic carbocycles. The molecule has 1 unspecified atom stereocenters. The van der Waals surface area contributed by atoms with E-state index >= 15 is 0 Å². The SMILES string of the molecule is COC(=O)c1cccc(N2C(=O)C(=O)/C(=C(\O)c3ccc(OCc4ccccc4)c(C)c3)C2c2ccco2)c1. The molecular formula is C31H25NO7. The van der Waals surface area contributed by atoms with Gasteiger partial charge in [-0.05, 0) is 66.6 Å². The molecule has 1 amide bonds. The molecule has 5 rings (SSSR count). The topological polar surface area (TPSA) is 106 Å². The summed E-state index contributed by atoms with van der Waals surface area (Å²) in [6, 6.07) is 23.1. The third-order valence-electron chi connectivity index (χ3n) is 6.49. The minimum absolute atomic E-state index is 0.129. The molecule has 1 aliphatic heterocycles. The highest BCUT2D eigenvalue weighted by molar-refractivity contribution is 6.51. The lowest BCUT2D eigenvalue weighted by Gasteiger charge is -2.23. The van der Waals surface area contributed by atoms with Crippen molar-refractivity contribution in [2.75, 3.05) is 12.0 Å². The van der Waals surface area contributed by atoms with Gasteiger partial charge < -0.3 is 19.0 Å². The molecule has 39 heavy (non-hydrogen) atoms. The number of aryl methyl sites for hydroxylation is 1. The van der Waals surface area contributed by atoms with Gasteiger partial charge in [-0.25, -0.2) is 4.79 Å². The lowest BCUT2D eigenvalue weighted by Crippen LogP contribution is -2.29. The molecule has 1 aliphatic rings. The van der Waals surface area contributed by atoms with Gasteiger partial charge in [-0.15, -0.1) is 0 Å². The van der Waals surface area contributed by atoms with Crippen molar-refractivity contribution in [3.8, 4) is 5.75 Å². The number of carbonyl (C=O) groups excluding carboxylic acids is 3. The molecule has 1 fully saturated rings. The number of hydrogen-bond acceptors (Lipinski definition) is 7. The number of hydrogen-bond donors (Lipinski definition) is 1. The summed E-state index contributed by atoms with van der Waals surface area (Å²) in [6.07, 6.45) is 1.42. The Hall–Kier alpha value is -5.11. The van der Waals surface area contributed by atoms with Crippen LogP contribution in [0.3, 0.4) is 0 Å². The molecule has 196 valence electrons. The highest BCUT2D eigenvalue weighted by atomic mass is 16.5. The van der Waals surface area contributed by atoms with E-state index < -0.39 is 23.7 Å². The van der Waals surface area contributed by atoms with Crippen LogP contribution in [0.1, 0.15) is 38.9 Å². The number of carbonyl (C=O) groups is 3. The Kier molecular flexibility index (Phi) is 7.01. The number of esters is 1. The Balaban J connectivity index is 1.53. The van der Waals surface area contributed by atoms with Crippen LogP contribution in [0.5, 0.6) is 5.75 Å². The van der Waals surface area contributed by atoms with Gasteiger partial charge in [0.25, 0.3) is 11.7 Å². The first-order valence-electron chi connectivity index (χ1n) is 12.2. The first-order chi connectivity index (χ1) is 18.9. The Morgan fingerprint density at radius 1 is 0.949 bits per heavy atom. The van der Waals surface area contributed by atoms with E-state index in [0.29, 0.717) is 17.9 Å². The van der Waals surface area contributed by atoms with Crippen LogP contribution in [0.2, 0.25) is 0 Å². The van der Waals surface area contributed by atoms with Crippen molar-refractivity contribution >= 4 is 29.1 Å². The fourth-order valence-corrected chi connectivity index (χ4v) is 4.56. The van der Waals surface area contributed by atoms with Gasteiger partial charge in [0, 0.05) is 11.3 Å². The molecule has 0 spiro atoms. The zero-order valence-electron chi connectivity index (χ0n) is 21.3. The zero-order valence-corrected chi connectivity index (χ0v) is 21.3. The van der Waals surface area contributed by atoms with Crippen LogP contribution < -0.4 is 9.64 Å². The van der Waals surface area contributed by atoms with Gasteiger partial charge in [-0.3, -0.25) is 14.5 Å². The number of ether oxygens (including phenoxy) is 2. The number of methoxy groups -OCH3 is 1. The Labute approximate surface area is 224 Å². The predicted molar refractivity (Wildman–Crippen MR) is 143 cm³/mol. The maximum atomic E-state index is 13.3. The van der Waals surface area contributed by atoms with Crippen LogP contribution >= 0.6 is 0 Å². The lowest BCUT2D eigenvalue weighted by atomic mass is 9.98. The molecule has 0 radical (unpaired) electrons. The number of benzene rings is 3. The second-order valence-corrected chi connectivity index (χ2v) is 8.98. The highest BCUT2D eigenvalue weighted by Crippen LogP contribution is 2.42. The first kappa shape index (κ1) is 25.5. The summed E-state index contributed by atoms with van der Waals surface area (Å²) >= 11 is 0. The summed E-state index contributed by atoms with van der Waals surface area (Å²) in [4.78, 5) is 40.0. The van der Waals surface area contributed by atoms with Crippen molar-refractivity contribution < 1.29 is 33.4 Å². The van der Waals surface area contributed by atoms with Crippen molar-refractivity contribution in [2.24, 2.45) is 0 Å². The van der Waals surface area contributed by atoms with Gasteiger partial charge in [-0.1, -0.05) is 36.4 Å². The van der Waals surface area contributed by atoms with E-state index in [9.17, 15) is 19.5 Å². The van der Waals surface area contributed by atoms with Crippen LogP contribution in [-0.4, -0.2) is 29.9 Å². The van der Waals surface area contributed by atoms with Crippen molar-refractivity contribution in [3.05, 3.63) is 125 Å². The van der Waals surface area contributed by atoms with Crippen LogP contribution in [0, 0.1) is 6.92 Å². The molecule has 8 nitrogen and oxygen atoms in total. The van der Waals surface area contributed by atoms with Crippen LogP contribution in [0.4, 0.5) is 5.69 Å². The molecule has 0 bridgehead atoms. The minimum atomic E-state index is -1.05. The zero-order chi connectivity index (χ0) is 27.5. The summed E-state index contributed by atoms with van der Waals surface area (Å²) in [6.45, 7) is 2.21.